The van der Waals surface area contributed by atoms with Crippen molar-refractivity contribution >= 4 is 11.5 Å². The highest BCUT2D eigenvalue weighted by Gasteiger charge is 2.20. The number of pyridine rings is 1. The molecule has 1 aromatic heterocycles. The van der Waals surface area contributed by atoms with Crippen LogP contribution in [0.25, 0.3) is 0 Å². The Morgan fingerprint density at radius 1 is 1.17 bits per heavy atom. The fraction of sp³-hybridized carbons (Fsp3) is 0.214. The molecule has 92 valence electrons. The third kappa shape index (κ3) is 1.86. The van der Waals surface area contributed by atoms with Gasteiger partial charge >= 0.3 is 0 Å². The molecule has 0 aliphatic carbocycles. The first-order chi connectivity index (χ1) is 8.76. The Hall–Kier alpha value is -2.23. The van der Waals surface area contributed by atoms with E-state index in [4.69, 9.17) is 10.5 Å². The Morgan fingerprint density at radius 2 is 2.00 bits per heavy atom. The quantitative estimate of drug-likeness (QED) is 0.819. The minimum absolute atomic E-state index is 0.642. The molecule has 1 aliphatic heterocycles. The molecule has 0 atom stereocenters. The van der Waals surface area contributed by atoms with Gasteiger partial charge in [-0.2, -0.15) is 4.98 Å². The van der Waals surface area contributed by atoms with E-state index in [9.17, 15) is 0 Å². The van der Waals surface area contributed by atoms with Crippen LogP contribution in [0.2, 0.25) is 0 Å². The maximum Gasteiger partial charge on any atom is 0.214 e. The predicted octanol–water partition coefficient (Wildman–Crippen LogP) is 2.19. The number of nitrogen functional groups attached to an aromatic ring is 1. The van der Waals surface area contributed by atoms with Crippen molar-refractivity contribution in [3.05, 3.63) is 47.5 Å². The molecule has 0 bridgehead atoms. The summed E-state index contributed by atoms with van der Waals surface area (Å²) in [7, 11) is 1.63. The van der Waals surface area contributed by atoms with E-state index in [-0.39, 0.29) is 0 Å². The second-order valence-corrected chi connectivity index (χ2v) is 4.42. The molecule has 1 aliphatic rings. The van der Waals surface area contributed by atoms with E-state index in [2.05, 4.69) is 16.0 Å². The zero-order valence-electron chi connectivity index (χ0n) is 10.3. The summed E-state index contributed by atoms with van der Waals surface area (Å²) in [5.74, 6) is 1.58. The lowest BCUT2D eigenvalue weighted by Gasteiger charge is -2.16. The lowest BCUT2D eigenvalue weighted by Crippen LogP contribution is -2.15. The third-order valence-corrected chi connectivity index (χ3v) is 3.19. The molecule has 0 radical (unpaired) electrons. The van der Waals surface area contributed by atoms with Gasteiger partial charge in [0.15, 0.2) is 0 Å². The number of ether oxygens (including phenoxy) is 1. The molecule has 4 nitrogen and oxygen atoms in total. The van der Waals surface area contributed by atoms with Gasteiger partial charge in [0.1, 0.15) is 5.82 Å². The van der Waals surface area contributed by atoms with Crippen LogP contribution in [0.1, 0.15) is 11.1 Å². The van der Waals surface area contributed by atoms with Crippen LogP contribution in [-0.2, 0) is 13.1 Å². The molecule has 0 saturated carbocycles. The van der Waals surface area contributed by atoms with Crippen molar-refractivity contribution in [2.45, 2.75) is 13.1 Å². The fourth-order valence-corrected chi connectivity index (χ4v) is 2.27. The second kappa shape index (κ2) is 4.22. The van der Waals surface area contributed by atoms with Crippen LogP contribution >= 0.6 is 0 Å². The number of nitrogens with zero attached hydrogens (tertiary/aromatic N) is 2. The van der Waals surface area contributed by atoms with Gasteiger partial charge in [-0.05, 0) is 29.3 Å². The summed E-state index contributed by atoms with van der Waals surface area (Å²) in [5.41, 5.74) is 9.21. The average molecular weight is 241 g/mol. The van der Waals surface area contributed by atoms with Crippen LogP contribution in [0.15, 0.2) is 36.4 Å². The summed E-state index contributed by atoms with van der Waals surface area (Å²) >= 11 is 0. The Morgan fingerprint density at radius 3 is 2.83 bits per heavy atom. The van der Waals surface area contributed by atoms with Crippen LogP contribution in [0.5, 0.6) is 5.88 Å². The molecule has 18 heavy (non-hydrogen) atoms. The molecule has 0 amide bonds. The minimum Gasteiger partial charge on any atom is -0.481 e. The van der Waals surface area contributed by atoms with Crippen LogP contribution in [0.3, 0.4) is 0 Å². The fourth-order valence-electron chi connectivity index (χ4n) is 2.27. The summed E-state index contributed by atoms with van der Waals surface area (Å²) < 4.78 is 5.15. The normalized spacial score (nSPS) is 13.5. The maximum absolute atomic E-state index is 5.81. The van der Waals surface area contributed by atoms with Gasteiger partial charge in [0.2, 0.25) is 5.88 Å². The van der Waals surface area contributed by atoms with Crippen molar-refractivity contribution in [3.63, 3.8) is 0 Å². The van der Waals surface area contributed by atoms with E-state index < -0.39 is 0 Å². The largest absolute Gasteiger partial charge is 0.481 e. The molecule has 4 heteroatoms. The molecule has 0 saturated heterocycles. The zero-order chi connectivity index (χ0) is 12.5. The van der Waals surface area contributed by atoms with Crippen molar-refractivity contribution in [3.8, 4) is 5.88 Å². The summed E-state index contributed by atoms with van der Waals surface area (Å²) in [6.07, 6.45) is 0. The topological polar surface area (TPSA) is 51.4 Å². The maximum atomic E-state index is 5.81. The highest BCUT2D eigenvalue weighted by atomic mass is 16.5. The van der Waals surface area contributed by atoms with Gasteiger partial charge in [-0.3, -0.25) is 0 Å². The van der Waals surface area contributed by atoms with Crippen molar-refractivity contribution < 1.29 is 4.74 Å². The number of hydrogen-bond acceptors (Lipinski definition) is 4. The van der Waals surface area contributed by atoms with E-state index in [0.29, 0.717) is 5.88 Å². The predicted molar refractivity (Wildman–Crippen MR) is 71.5 cm³/mol. The highest BCUT2D eigenvalue weighted by Crippen LogP contribution is 2.29. The van der Waals surface area contributed by atoms with Gasteiger partial charge in [-0.1, -0.05) is 12.1 Å². The smallest absolute Gasteiger partial charge is 0.214 e. The summed E-state index contributed by atoms with van der Waals surface area (Å²) in [6, 6.07) is 11.9. The zero-order valence-corrected chi connectivity index (χ0v) is 10.3. The Bertz CT molecular complexity index is 583. The summed E-state index contributed by atoms with van der Waals surface area (Å²) in [6.45, 7) is 1.72. The van der Waals surface area contributed by atoms with Gasteiger partial charge in [-0.25, -0.2) is 0 Å². The molecule has 0 fully saturated rings. The van der Waals surface area contributed by atoms with Gasteiger partial charge in [0.05, 0.1) is 7.11 Å². The van der Waals surface area contributed by atoms with Crippen molar-refractivity contribution in [1.29, 1.82) is 0 Å². The number of fused-ring (bicyclic) bond motifs is 1. The van der Waals surface area contributed by atoms with Crippen LogP contribution in [-0.4, -0.2) is 12.1 Å². The Kier molecular flexibility index (Phi) is 2.55. The average Bonchev–Trinajstić information content (AvgIpc) is 2.81. The second-order valence-electron chi connectivity index (χ2n) is 4.42. The SMILES string of the molecule is COc1cccc(N2Cc3ccc(N)cc3C2)n1. The molecule has 2 aromatic rings. The molecule has 2 heterocycles. The van der Waals surface area contributed by atoms with Gasteiger partial charge in [0, 0.05) is 24.8 Å². The number of methoxy groups -OCH3 is 1. The number of aromatic nitrogens is 1. The minimum atomic E-state index is 0.642. The first kappa shape index (κ1) is 10.9. The molecular formula is C14H15N3O. The lowest BCUT2D eigenvalue weighted by atomic mass is 10.1. The first-order valence-electron chi connectivity index (χ1n) is 5.89. The van der Waals surface area contributed by atoms with E-state index in [1.165, 1.54) is 11.1 Å². The molecule has 0 unspecified atom stereocenters. The Balaban J connectivity index is 1.88. The van der Waals surface area contributed by atoms with Crippen molar-refractivity contribution in [2.24, 2.45) is 0 Å². The third-order valence-electron chi connectivity index (χ3n) is 3.19. The van der Waals surface area contributed by atoms with Crippen LogP contribution in [0.4, 0.5) is 11.5 Å². The molecule has 3 rings (SSSR count). The number of anilines is 2. The number of rotatable bonds is 2. The monoisotopic (exact) mass is 241 g/mol. The van der Waals surface area contributed by atoms with Gasteiger partial charge in [-0.15, -0.1) is 0 Å². The molecule has 2 N–H and O–H groups in total. The van der Waals surface area contributed by atoms with E-state index >= 15 is 0 Å². The number of benzene rings is 1. The van der Waals surface area contributed by atoms with Crippen molar-refractivity contribution in [1.82, 2.24) is 4.98 Å². The van der Waals surface area contributed by atoms with E-state index in [1.807, 2.05) is 30.3 Å². The molecule has 1 aromatic carbocycles. The summed E-state index contributed by atoms with van der Waals surface area (Å²) in [4.78, 5) is 6.67. The Labute approximate surface area is 106 Å². The number of nitrogens with two attached hydrogens (primary N) is 1. The molecule has 0 spiro atoms. The van der Waals surface area contributed by atoms with Gasteiger partial charge in [0.25, 0.3) is 0 Å². The van der Waals surface area contributed by atoms with Gasteiger partial charge < -0.3 is 15.4 Å². The first-order valence-corrected chi connectivity index (χ1v) is 5.89. The summed E-state index contributed by atoms with van der Waals surface area (Å²) in [5, 5.41) is 0. The highest BCUT2D eigenvalue weighted by molar-refractivity contribution is 5.52. The van der Waals surface area contributed by atoms with E-state index in [0.717, 1.165) is 24.6 Å². The van der Waals surface area contributed by atoms with E-state index in [1.54, 1.807) is 7.11 Å². The van der Waals surface area contributed by atoms with Crippen LogP contribution in [0, 0.1) is 0 Å². The standard InChI is InChI=1S/C14H15N3O/c1-18-14-4-2-3-13(16-14)17-8-10-5-6-12(15)7-11(10)9-17/h2-7H,8-9,15H2,1H3. The lowest BCUT2D eigenvalue weighted by molar-refractivity contribution is 0.398. The van der Waals surface area contributed by atoms with Crippen LogP contribution < -0.4 is 15.4 Å². The van der Waals surface area contributed by atoms with Crippen molar-refractivity contribution in [2.75, 3.05) is 17.7 Å². The number of hydrogen-bond donors (Lipinski definition) is 1. The molecular weight excluding hydrogens is 226 g/mol.